The SMILES string of the molecule is CN[C@@H](Cc1cn(C=O)c2ccccc12)C(=O)O. The van der Waals surface area contributed by atoms with Crippen molar-refractivity contribution in [2.45, 2.75) is 12.5 Å². The molecule has 0 aliphatic carbocycles. The van der Waals surface area contributed by atoms with Crippen LogP contribution in [-0.4, -0.2) is 35.1 Å². The van der Waals surface area contributed by atoms with Crippen molar-refractivity contribution in [3.05, 3.63) is 36.0 Å². The number of nitrogens with zero attached hydrogens (tertiary/aromatic N) is 1. The molecule has 18 heavy (non-hydrogen) atoms. The van der Waals surface area contributed by atoms with E-state index in [1.807, 2.05) is 24.3 Å². The molecule has 1 aromatic heterocycles. The Morgan fingerprint density at radius 1 is 1.50 bits per heavy atom. The topological polar surface area (TPSA) is 71.3 Å². The zero-order valence-electron chi connectivity index (χ0n) is 9.96. The van der Waals surface area contributed by atoms with Gasteiger partial charge in [0.1, 0.15) is 6.04 Å². The van der Waals surface area contributed by atoms with Crippen LogP contribution >= 0.6 is 0 Å². The zero-order valence-corrected chi connectivity index (χ0v) is 9.96. The fourth-order valence-corrected chi connectivity index (χ4v) is 2.06. The first-order valence-corrected chi connectivity index (χ1v) is 5.61. The van der Waals surface area contributed by atoms with Crippen molar-refractivity contribution < 1.29 is 14.7 Å². The van der Waals surface area contributed by atoms with Gasteiger partial charge >= 0.3 is 5.97 Å². The number of para-hydroxylation sites is 1. The molecule has 5 heteroatoms. The molecule has 1 atom stereocenters. The molecule has 1 aromatic carbocycles. The predicted octanol–water partition coefficient (Wildman–Crippen LogP) is 0.895. The second kappa shape index (κ2) is 5.01. The normalized spacial score (nSPS) is 12.5. The van der Waals surface area contributed by atoms with Crippen LogP contribution in [-0.2, 0) is 16.0 Å². The van der Waals surface area contributed by atoms with Crippen LogP contribution < -0.4 is 5.32 Å². The summed E-state index contributed by atoms with van der Waals surface area (Å²) < 4.78 is 1.47. The Labute approximate surface area is 104 Å². The van der Waals surface area contributed by atoms with E-state index in [4.69, 9.17) is 5.11 Å². The van der Waals surface area contributed by atoms with Gasteiger partial charge in [-0.05, 0) is 18.7 Å². The number of hydrogen-bond acceptors (Lipinski definition) is 3. The maximum atomic E-state index is 11.0. The monoisotopic (exact) mass is 246 g/mol. The molecule has 1 heterocycles. The van der Waals surface area contributed by atoms with Crippen molar-refractivity contribution in [3.63, 3.8) is 0 Å². The van der Waals surface area contributed by atoms with Crippen LogP contribution in [0.3, 0.4) is 0 Å². The lowest BCUT2D eigenvalue weighted by Gasteiger charge is -2.09. The highest BCUT2D eigenvalue weighted by molar-refractivity contribution is 5.89. The minimum atomic E-state index is -0.902. The van der Waals surface area contributed by atoms with Gasteiger partial charge < -0.3 is 10.4 Å². The third kappa shape index (κ3) is 2.12. The van der Waals surface area contributed by atoms with Gasteiger partial charge in [0.2, 0.25) is 6.41 Å². The van der Waals surface area contributed by atoms with Gasteiger partial charge in [0.25, 0.3) is 0 Å². The Bertz CT molecular complexity index is 589. The van der Waals surface area contributed by atoms with Crippen molar-refractivity contribution in [3.8, 4) is 0 Å². The maximum absolute atomic E-state index is 11.0. The lowest BCUT2D eigenvalue weighted by Crippen LogP contribution is -2.35. The zero-order chi connectivity index (χ0) is 13.1. The standard InChI is InChI=1S/C13H14N2O3/c1-14-11(13(17)18)6-9-7-15(8-16)12-5-3-2-4-10(9)12/h2-5,7-8,11,14H,6H2,1H3,(H,17,18)/t11-/m0/s1. The van der Waals surface area contributed by atoms with Crippen LogP contribution in [0.15, 0.2) is 30.5 Å². The summed E-state index contributed by atoms with van der Waals surface area (Å²) in [5.41, 5.74) is 1.64. The summed E-state index contributed by atoms with van der Waals surface area (Å²) in [5.74, 6) is -0.902. The number of aromatic nitrogens is 1. The Morgan fingerprint density at radius 2 is 2.22 bits per heavy atom. The Morgan fingerprint density at radius 3 is 2.83 bits per heavy atom. The molecule has 0 spiro atoms. The first-order chi connectivity index (χ1) is 8.67. The number of carbonyl (C=O) groups excluding carboxylic acids is 1. The van der Waals surface area contributed by atoms with Gasteiger partial charge in [-0.15, -0.1) is 0 Å². The van der Waals surface area contributed by atoms with E-state index < -0.39 is 12.0 Å². The summed E-state index contributed by atoms with van der Waals surface area (Å²) in [4.78, 5) is 22.0. The number of aliphatic carboxylic acids is 1. The number of carbonyl (C=O) groups is 2. The van der Waals surface area contributed by atoms with Crippen molar-refractivity contribution in [1.82, 2.24) is 9.88 Å². The number of benzene rings is 1. The summed E-state index contributed by atoms with van der Waals surface area (Å²) in [6, 6.07) is 6.78. The van der Waals surface area contributed by atoms with Crippen molar-refractivity contribution in [2.24, 2.45) is 0 Å². The molecule has 0 saturated carbocycles. The van der Waals surface area contributed by atoms with E-state index in [0.717, 1.165) is 22.9 Å². The number of carboxylic acid groups (broad SMARTS) is 1. The molecule has 2 rings (SSSR count). The number of fused-ring (bicyclic) bond motifs is 1. The van der Waals surface area contributed by atoms with E-state index in [9.17, 15) is 9.59 Å². The smallest absolute Gasteiger partial charge is 0.321 e. The average Bonchev–Trinajstić information content (AvgIpc) is 2.74. The lowest BCUT2D eigenvalue weighted by atomic mass is 10.1. The van der Waals surface area contributed by atoms with Crippen molar-refractivity contribution >= 4 is 23.3 Å². The van der Waals surface area contributed by atoms with Gasteiger partial charge in [-0.3, -0.25) is 14.2 Å². The second-order valence-electron chi connectivity index (χ2n) is 4.07. The van der Waals surface area contributed by atoms with Crippen LogP contribution in [0.4, 0.5) is 0 Å². The average molecular weight is 246 g/mol. The Balaban J connectivity index is 2.45. The molecule has 94 valence electrons. The third-order valence-electron chi connectivity index (χ3n) is 3.01. The van der Waals surface area contributed by atoms with Crippen LogP contribution in [0, 0.1) is 0 Å². The Kier molecular flexibility index (Phi) is 3.43. The molecule has 0 saturated heterocycles. The molecule has 0 radical (unpaired) electrons. The number of carboxylic acids is 1. The van der Waals surface area contributed by atoms with Crippen LogP contribution in [0.2, 0.25) is 0 Å². The largest absolute Gasteiger partial charge is 0.480 e. The number of rotatable bonds is 5. The molecule has 0 amide bonds. The van der Waals surface area contributed by atoms with E-state index in [-0.39, 0.29) is 0 Å². The number of nitrogens with one attached hydrogen (secondary N) is 1. The van der Waals surface area contributed by atoms with Crippen LogP contribution in [0.5, 0.6) is 0 Å². The highest BCUT2D eigenvalue weighted by atomic mass is 16.4. The minimum Gasteiger partial charge on any atom is -0.480 e. The summed E-state index contributed by atoms with van der Waals surface area (Å²) in [5, 5.41) is 12.7. The minimum absolute atomic E-state index is 0.340. The van der Waals surface area contributed by atoms with Gasteiger partial charge in [-0.2, -0.15) is 0 Å². The van der Waals surface area contributed by atoms with Gasteiger partial charge in [-0.25, -0.2) is 0 Å². The number of likely N-dealkylation sites (N-methyl/N-ethyl adjacent to an activating group) is 1. The van der Waals surface area contributed by atoms with Crippen molar-refractivity contribution in [1.29, 1.82) is 0 Å². The van der Waals surface area contributed by atoms with E-state index in [2.05, 4.69) is 5.32 Å². The van der Waals surface area contributed by atoms with Gasteiger partial charge in [0.15, 0.2) is 0 Å². The first-order valence-electron chi connectivity index (χ1n) is 5.61. The van der Waals surface area contributed by atoms with Crippen LogP contribution in [0.1, 0.15) is 5.56 Å². The van der Waals surface area contributed by atoms with Crippen molar-refractivity contribution in [2.75, 3.05) is 7.05 Å². The molecular formula is C13H14N2O3. The molecule has 2 aromatic rings. The summed E-state index contributed by atoms with van der Waals surface area (Å²) in [6.07, 6.45) is 2.75. The van der Waals surface area contributed by atoms with Gasteiger partial charge in [0, 0.05) is 18.0 Å². The molecule has 2 N–H and O–H groups in total. The quantitative estimate of drug-likeness (QED) is 0.769. The highest BCUT2D eigenvalue weighted by Crippen LogP contribution is 2.21. The van der Waals surface area contributed by atoms with E-state index in [1.165, 1.54) is 4.57 Å². The Hall–Kier alpha value is -2.14. The molecule has 0 bridgehead atoms. The van der Waals surface area contributed by atoms with Crippen LogP contribution in [0.25, 0.3) is 10.9 Å². The molecule has 0 aliphatic rings. The summed E-state index contributed by atoms with van der Waals surface area (Å²) in [7, 11) is 1.61. The second-order valence-corrected chi connectivity index (χ2v) is 4.07. The fraction of sp³-hybridized carbons (Fsp3) is 0.231. The van der Waals surface area contributed by atoms with E-state index in [0.29, 0.717) is 6.42 Å². The first kappa shape index (κ1) is 12.3. The molecular weight excluding hydrogens is 232 g/mol. The lowest BCUT2D eigenvalue weighted by molar-refractivity contribution is -0.139. The fourth-order valence-electron chi connectivity index (χ4n) is 2.06. The van der Waals surface area contributed by atoms with E-state index in [1.54, 1.807) is 13.2 Å². The third-order valence-corrected chi connectivity index (χ3v) is 3.01. The van der Waals surface area contributed by atoms with Gasteiger partial charge in [0.05, 0.1) is 5.52 Å². The highest BCUT2D eigenvalue weighted by Gasteiger charge is 2.18. The summed E-state index contributed by atoms with van der Waals surface area (Å²) in [6.45, 7) is 0. The molecule has 5 nitrogen and oxygen atoms in total. The predicted molar refractivity (Wildman–Crippen MR) is 68.3 cm³/mol. The van der Waals surface area contributed by atoms with Gasteiger partial charge in [-0.1, -0.05) is 18.2 Å². The van der Waals surface area contributed by atoms with E-state index >= 15 is 0 Å². The molecule has 0 aliphatic heterocycles. The molecule has 0 unspecified atom stereocenters. The molecule has 0 fully saturated rings. The summed E-state index contributed by atoms with van der Waals surface area (Å²) >= 11 is 0. The maximum Gasteiger partial charge on any atom is 0.321 e. The number of hydrogen-bond donors (Lipinski definition) is 2.